The second-order valence-electron chi connectivity index (χ2n) is 2.63. The third-order valence-electron chi connectivity index (χ3n) is 1.72. The molecule has 0 amide bonds. The number of halogens is 2. The molecular formula is C7H6F2N2O4. The number of aliphatic hydroxyl groups excluding tert-OH is 1. The largest absolute Gasteiger partial charge is 0.391 e. The third-order valence-corrected chi connectivity index (χ3v) is 1.72. The standard InChI is InChI=1S/C7H6F2N2O4/c8-6(9)4-1-5(11(14)15)3(2-12)7(13)10-4/h1,6,12H,2H2,(H,10,13). The maximum atomic E-state index is 12.2. The second-order valence-corrected chi connectivity index (χ2v) is 2.63. The van der Waals surface area contributed by atoms with Gasteiger partial charge in [-0.15, -0.1) is 0 Å². The van der Waals surface area contributed by atoms with Crippen molar-refractivity contribution in [3.63, 3.8) is 0 Å². The minimum atomic E-state index is -3.01. The first kappa shape index (κ1) is 11.2. The summed E-state index contributed by atoms with van der Waals surface area (Å²) in [6, 6.07) is 0.539. The molecule has 2 N–H and O–H groups in total. The number of aromatic amines is 1. The summed E-state index contributed by atoms with van der Waals surface area (Å²) in [5.74, 6) is 0. The van der Waals surface area contributed by atoms with Gasteiger partial charge in [0, 0.05) is 6.07 Å². The Hall–Kier alpha value is -1.83. The maximum absolute atomic E-state index is 12.2. The molecule has 0 spiro atoms. The molecule has 82 valence electrons. The lowest BCUT2D eigenvalue weighted by Gasteiger charge is -2.02. The van der Waals surface area contributed by atoms with Crippen molar-refractivity contribution in [1.82, 2.24) is 4.98 Å². The SMILES string of the molecule is O=c1[nH]c(C(F)F)cc([N+](=O)[O-])c1CO. The normalized spacial score (nSPS) is 10.7. The van der Waals surface area contributed by atoms with E-state index in [2.05, 4.69) is 0 Å². The molecule has 0 aromatic carbocycles. The first-order valence-electron chi connectivity index (χ1n) is 3.77. The van der Waals surface area contributed by atoms with E-state index in [1.807, 2.05) is 0 Å². The Labute approximate surface area is 81.3 Å². The molecule has 1 aromatic heterocycles. The van der Waals surface area contributed by atoms with Gasteiger partial charge in [0.1, 0.15) is 5.56 Å². The molecule has 6 nitrogen and oxygen atoms in total. The average Bonchev–Trinajstić information content (AvgIpc) is 2.16. The summed E-state index contributed by atoms with van der Waals surface area (Å²) in [5, 5.41) is 19.1. The first-order chi connectivity index (χ1) is 6.97. The first-order valence-corrected chi connectivity index (χ1v) is 3.77. The quantitative estimate of drug-likeness (QED) is 0.579. The van der Waals surface area contributed by atoms with Gasteiger partial charge in [-0.1, -0.05) is 0 Å². The Bertz CT molecular complexity index is 443. The average molecular weight is 220 g/mol. The van der Waals surface area contributed by atoms with Crippen molar-refractivity contribution in [2.24, 2.45) is 0 Å². The number of rotatable bonds is 3. The zero-order valence-electron chi connectivity index (χ0n) is 7.24. The van der Waals surface area contributed by atoms with E-state index in [1.165, 1.54) is 0 Å². The fraction of sp³-hybridized carbons (Fsp3) is 0.286. The van der Waals surface area contributed by atoms with Crippen LogP contribution in [0.25, 0.3) is 0 Å². The molecule has 1 aromatic rings. The van der Waals surface area contributed by atoms with Crippen molar-refractivity contribution >= 4 is 5.69 Å². The molecule has 0 saturated heterocycles. The zero-order chi connectivity index (χ0) is 11.6. The number of nitrogens with one attached hydrogen (secondary N) is 1. The molecule has 0 bridgehead atoms. The Morgan fingerprint density at radius 2 is 2.20 bits per heavy atom. The van der Waals surface area contributed by atoms with Crippen LogP contribution in [0.15, 0.2) is 10.9 Å². The van der Waals surface area contributed by atoms with Crippen LogP contribution in [0.4, 0.5) is 14.5 Å². The van der Waals surface area contributed by atoms with Crippen LogP contribution in [-0.2, 0) is 6.61 Å². The second kappa shape index (κ2) is 4.13. The third kappa shape index (κ3) is 2.15. The van der Waals surface area contributed by atoms with E-state index in [0.717, 1.165) is 0 Å². The number of hydrogen-bond acceptors (Lipinski definition) is 4. The lowest BCUT2D eigenvalue weighted by Crippen LogP contribution is -2.17. The smallest absolute Gasteiger partial charge is 0.282 e. The molecule has 8 heteroatoms. The Morgan fingerprint density at radius 3 is 2.60 bits per heavy atom. The molecule has 0 aliphatic rings. The van der Waals surface area contributed by atoms with Crippen molar-refractivity contribution in [2.75, 3.05) is 0 Å². The van der Waals surface area contributed by atoms with Crippen molar-refractivity contribution in [3.05, 3.63) is 37.8 Å². The van der Waals surface area contributed by atoms with E-state index in [9.17, 15) is 23.7 Å². The van der Waals surface area contributed by atoms with E-state index >= 15 is 0 Å². The summed E-state index contributed by atoms with van der Waals surface area (Å²) in [4.78, 5) is 22.2. The van der Waals surface area contributed by atoms with Crippen LogP contribution in [0.2, 0.25) is 0 Å². The molecular weight excluding hydrogens is 214 g/mol. The number of aliphatic hydroxyl groups is 1. The van der Waals surface area contributed by atoms with Gasteiger partial charge in [-0.25, -0.2) is 8.78 Å². The monoisotopic (exact) mass is 220 g/mol. The number of nitrogens with zero attached hydrogens (tertiary/aromatic N) is 1. The molecule has 0 aliphatic heterocycles. The molecule has 0 saturated carbocycles. The van der Waals surface area contributed by atoms with Crippen LogP contribution in [0, 0.1) is 10.1 Å². The number of pyridine rings is 1. The Kier molecular flexibility index (Phi) is 3.10. The maximum Gasteiger partial charge on any atom is 0.282 e. The highest BCUT2D eigenvalue weighted by Crippen LogP contribution is 2.21. The molecule has 1 rings (SSSR count). The Balaban J connectivity index is 3.46. The van der Waals surface area contributed by atoms with Gasteiger partial charge < -0.3 is 10.1 Å². The van der Waals surface area contributed by atoms with Crippen molar-refractivity contribution in [2.45, 2.75) is 13.0 Å². The highest BCUT2D eigenvalue weighted by molar-refractivity contribution is 5.39. The van der Waals surface area contributed by atoms with E-state index in [4.69, 9.17) is 5.11 Å². The van der Waals surface area contributed by atoms with Crippen molar-refractivity contribution in [1.29, 1.82) is 0 Å². The molecule has 15 heavy (non-hydrogen) atoms. The van der Waals surface area contributed by atoms with Crippen LogP contribution in [0.3, 0.4) is 0 Å². The summed E-state index contributed by atoms with van der Waals surface area (Å²) in [7, 11) is 0. The van der Waals surface area contributed by atoms with Gasteiger partial charge in [0.2, 0.25) is 0 Å². The number of alkyl halides is 2. The van der Waals surface area contributed by atoms with Gasteiger partial charge in [-0.2, -0.15) is 0 Å². The van der Waals surface area contributed by atoms with Crippen LogP contribution >= 0.6 is 0 Å². The molecule has 0 fully saturated rings. The number of hydrogen-bond donors (Lipinski definition) is 2. The number of H-pyrrole nitrogens is 1. The fourth-order valence-electron chi connectivity index (χ4n) is 1.03. The van der Waals surface area contributed by atoms with Gasteiger partial charge in [-0.3, -0.25) is 14.9 Å². The predicted molar refractivity (Wildman–Crippen MR) is 44.6 cm³/mol. The summed E-state index contributed by atoms with van der Waals surface area (Å²) >= 11 is 0. The minimum absolute atomic E-state index is 0.538. The van der Waals surface area contributed by atoms with Crippen LogP contribution < -0.4 is 5.56 Å². The van der Waals surface area contributed by atoms with Crippen LogP contribution in [0.1, 0.15) is 17.7 Å². The van der Waals surface area contributed by atoms with E-state index in [0.29, 0.717) is 6.07 Å². The molecule has 0 atom stereocenters. The van der Waals surface area contributed by atoms with Gasteiger partial charge in [0.05, 0.1) is 17.2 Å². The molecule has 0 aliphatic carbocycles. The van der Waals surface area contributed by atoms with E-state index in [-0.39, 0.29) is 0 Å². The summed E-state index contributed by atoms with van der Waals surface area (Å²) < 4.78 is 24.3. The molecule has 0 unspecified atom stereocenters. The molecule has 0 radical (unpaired) electrons. The van der Waals surface area contributed by atoms with Gasteiger partial charge in [0.15, 0.2) is 0 Å². The number of aromatic nitrogens is 1. The van der Waals surface area contributed by atoms with Crippen LogP contribution in [0.5, 0.6) is 0 Å². The summed E-state index contributed by atoms with van der Waals surface area (Å²) in [5.41, 5.74) is -3.27. The summed E-state index contributed by atoms with van der Waals surface area (Å²) in [6.45, 7) is -0.880. The van der Waals surface area contributed by atoms with Gasteiger partial charge in [0.25, 0.3) is 17.7 Å². The Morgan fingerprint density at radius 1 is 1.60 bits per heavy atom. The lowest BCUT2D eigenvalue weighted by molar-refractivity contribution is -0.386. The number of nitro groups is 1. The van der Waals surface area contributed by atoms with Crippen molar-refractivity contribution in [3.8, 4) is 0 Å². The topological polar surface area (TPSA) is 96.2 Å². The van der Waals surface area contributed by atoms with E-state index in [1.54, 1.807) is 4.98 Å². The summed E-state index contributed by atoms with van der Waals surface area (Å²) in [6.07, 6.45) is -3.01. The zero-order valence-corrected chi connectivity index (χ0v) is 7.24. The van der Waals surface area contributed by atoms with E-state index < -0.39 is 40.5 Å². The van der Waals surface area contributed by atoms with Crippen molar-refractivity contribution < 1.29 is 18.8 Å². The van der Waals surface area contributed by atoms with Gasteiger partial charge in [-0.05, 0) is 0 Å². The highest BCUT2D eigenvalue weighted by atomic mass is 19.3. The highest BCUT2D eigenvalue weighted by Gasteiger charge is 2.21. The minimum Gasteiger partial charge on any atom is -0.391 e. The van der Waals surface area contributed by atoms with Crippen LogP contribution in [-0.4, -0.2) is 15.0 Å². The fourth-order valence-corrected chi connectivity index (χ4v) is 1.03. The van der Waals surface area contributed by atoms with Gasteiger partial charge >= 0.3 is 0 Å². The lowest BCUT2D eigenvalue weighted by atomic mass is 10.2. The molecule has 1 heterocycles. The predicted octanol–water partition coefficient (Wildman–Crippen LogP) is 0.713.